The van der Waals surface area contributed by atoms with Crippen LogP contribution in [0.4, 0.5) is 0 Å². The Labute approximate surface area is 184 Å². The number of benzene rings is 1. The Balaban J connectivity index is 1.46. The highest BCUT2D eigenvalue weighted by molar-refractivity contribution is 7.89. The second-order valence-corrected chi connectivity index (χ2v) is 10.3. The first-order chi connectivity index (χ1) is 15.1. The molecule has 31 heavy (non-hydrogen) atoms. The summed E-state index contributed by atoms with van der Waals surface area (Å²) in [6.07, 6.45) is 7.80. The Bertz CT molecular complexity index is 960. The number of furan rings is 1. The zero-order valence-electron chi connectivity index (χ0n) is 17.8. The molecule has 1 unspecified atom stereocenters. The molecule has 0 spiro atoms. The molecule has 4 rings (SSSR count). The van der Waals surface area contributed by atoms with Gasteiger partial charge in [-0.3, -0.25) is 9.69 Å². The van der Waals surface area contributed by atoms with Gasteiger partial charge in [-0.1, -0.05) is 18.9 Å². The lowest BCUT2D eigenvalue weighted by Gasteiger charge is -2.26. The normalized spacial score (nSPS) is 19.7. The fourth-order valence-corrected chi connectivity index (χ4v) is 6.03. The summed E-state index contributed by atoms with van der Waals surface area (Å²) in [5.74, 6) is 0.559. The molecule has 8 heteroatoms. The van der Waals surface area contributed by atoms with E-state index in [4.69, 9.17) is 4.42 Å². The SMILES string of the molecule is O=C(NCC(c1ccco1)N1CCCC1)c1cccc(S(=O)(=O)N2CCCCCC2)c1. The number of nitrogens with one attached hydrogen (secondary N) is 1. The van der Waals surface area contributed by atoms with Crippen LogP contribution in [0.1, 0.15) is 60.7 Å². The lowest BCUT2D eigenvalue weighted by atomic mass is 10.1. The van der Waals surface area contributed by atoms with Crippen molar-refractivity contribution in [1.82, 2.24) is 14.5 Å². The average Bonchev–Trinajstić information content (AvgIpc) is 3.44. The number of likely N-dealkylation sites (tertiary alicyclic amines) is 1. The van der Waals surface area contributed by atoms with Crippen molar-refractivity contribution in [2.45, 2.75) is 49.5 Å². The first-order valence-corrected chi connectivity index (χ1v) is 12.7. The molecule has 2 aliphatic heterocycles. The van der Waals surface area contributed by atoms with Gasteiger partial charge in [0.15, 0.2) is 0 Å². The lowest BCUT2D eigenvalue weighted by molar-refractivity contribution is 0.0933. The van der Waals surface area contributed by atoms with Gasteiger partial charge in [-0.25, -0.2) is 8.42 Å². The van der Waals surface area contributed by atoms with E-state index in [1.807, 2.05) is 12.1 Å². The highest BCUT2D eigenvalue weighted by Gasteiger charge is 2.28. The minimum atomic E-state index is -3.59. The molecule has 2 fully saturated rings. The minimum absolute atomic E-state index is 0.0227. The molecular formula is C23H31N3O4S. The maximum Gasteiger partial charge on any atom is 0.251 e. The number of sulfonamides is 1. The van der Waals surface area contributed by atoms with Gasteiger partial charge in [-0.05, 0) is 69.1 Å². The summed E-state index contributed by atoms with van der Waals surface area (Å²) >= 11 is 0. The van der Waals surface area contributed by atoms with Crippen molar-refractivity contribution in [2.75, 3.05) is 32.7 Å². The summed E-state index contributed by atoms with van der Waals surface area (Å²) < 4.78 is 33.3. The van der Waals surface area contributed by atoms with E-state index < -0.39 is 10.0 Å². The van der Waals surface area contributed by atoms with Gasteiger partial charge < -0.3 is 9.73 Å². The molecule has 2 aromatic rings. The summed E-state index contributed by atoms with van der Waals surface area (Å²) in [5.41, 5.74) is 0.357. The van der Waals surface area contributed by atoms with Crippen molar-refractivity contribution in [3.8, 4) is 0 Å². The predicted molar refractivity (Wildman–Crippen MR) is 118 cm³/mol. The Morgan fingerprint density at radius 1 is 0.968 bits per heavy atom. The van der Waals surface area contributed by atoms with Crippen LogP contribution in [0, 0.1) is 0 Å². The molecule has 1 aromatic heterocycles. The molecule has 3 heterocycles. The van der Waals surface area contributed by atoms with E-state index in [0.29, 0.717) is 25.2 Å². The molecule has 1 aromatic carbocycles. The van der Waals surface area contributed by atoms with Crippen molar-refractivity contribution >= 4 is 15.9 Å². The van der Waals surface area contributed by atoms with E-state index in [9.17, 15) is 13.2 Å². The molecule has 1 N–H and O–H groups in total. The minimum Gasteiger partial charge on any atom is -0.468 e. The molecule has 1 atom stereocenters. The number of amides is 1. The van der Waals surface area contributed by atoms with Crippen LogP contribution in [0.2, 0.25) is 0 Å². The molecule has 0 bridgehead atoms. The summed E-state index contributed by atoms with van der Waals surface area (Å²) in [7, 11) is -3.59. The highest BCUT2D eigenvalue weighted by Crippen LogP contribution is 2.25. The molecule has 2 saturated heterocycles. The lowest BCUT2D eigenvalue weighted by Crippen LogP contribution is -2.36. The second-order valence-electron chi connectivity index (χ2n) is 8.33. The van der Waals surface area contributed by atoms with E-state index in [0.717, 1.165) is 57.4 Å². The number of carbonyl (C=O) groups excluding carboxylic acids is 1. The zero-order chi connectivity index (χ0) is 21.7. The van der Waals surface area contributed by atoms with Crippen molar-refractivity contribution in [3.05, 3.63) is 54.0 Å². The van der Waals surface area contributed by atoms with E-state index in [2.05, 4.69) is 10.2 Å². The number of hydrogen-bond donors (Lipinski definition) is 1. The van der Waals surface area contributed by atoms with Crippen LogP contribution in [0.5, 0.6) is 0 Å². The van der Waals surface area contributed by atoms with Gasteiger partial charge in [0.2, 0.25) is 10.0 Å². The first-order valence-electron chi connectivity index (χ1n) is 11.2. The topological polar surface area (TPSA) is 82.9 Å². The molecule has 2 aliphatic rings. The third-order valence-corrected chi connectivity index (χ3v) is 8.10. The van der Waals surface area contributed by atoms with Gasteiger partial charge in [-0.15, -0.1) is 0 Å². The molecule has 0 aliphatic carbocycles. The predicted octanol–water partition coefficient (Wildman–Crippen LogP) is 3.41. The van der Waals surface area contributed by atoms with Crippen molar-refractivity contribution in [3.63, 3.8) is 0 Å². The van der Waals surface area contributed by atoms with Gasteiger partial charge >= 0.3 is 0 Å². The Hall–Kier alpha value is -2.16. The van der Waals surface area contributed by atoms with Crippen molar-refractivity contribution < 1.29 is 17.6 Å². The van der Waals surface area contributed by atoms with Gasteiger partial charge in [0, 0.05) is 25.2 Å². The van der Waals surface area contributed by atoms with Crippen LogP contribution in [0.3, 0.4) is 0 Å². The zero-order valence-corrected chi connectivity index (χ0v) is 18.6. The molecule has 168 valence electrons. The quantitative estimate of drug-likeness (QED) is 0.706. The monoisotopic (exact) mass is 445 g/mol. The fraction of sp³-hybridized carbons (Fsp3) is 0.522. The Morgan fingerprint density at radius 3 is 2.35 bits per heavy atom. The number of hydrogen-bond acceptors (Lipinski definition) is 5. The molecule has 0 saturated carbocycles. The average molecular weight is 446 g/mol. The van der Waals surface area contributed by atoms with Crippen LogP contribution in [0.25, 0.3) is 0 Å². The first kappa shape index (κ1) is 22.0. The third kappa shape index (κ3) is 5.19. The Morgan fingerprint density at radius 2 is 1.68 bits per heavy atom. The largest absolute Gasteiger partial charge is 0.468 e. The van der Waals surface area contributed by atoms with Gasteiger partial charge in [0.05, 0.1) is 17.2 Å². The smallest absolute Gasteiger partial charge is 0.251 e. The summed E-state index contributed by atoms with van der Waals surface area (Å²) in [4.78, 5) is 15.4. The maximum absolute atomic E-state index is 13.1. The summed E-state index contributed by atoms with van der Waals surface area (Å²) in [6.45, 7) is 3.45. The Kier molecular flexibility index (Phi) is 7.09. The van der Waals surface area contributed by atoms with Crippen LogP contribution in [-0.2, 0) is 10.0 Å². The van der Waals surface area contributed by atoms with E-state index >= 15 is 0 Å². The molecular weight excluding hydrogens is 414 g/mol. The number of carbonyl (C=O) groups is 1. The second kappa shape index (κ2) is 9.97. The third-order valence-electron chi connectivity index (χ3n) is 6.21. The molecule has 0 radical (unpaired) electrons. The number of nitrogens with zero attached hydrogens (tertiary/aromatic N) is 2. The summed E-state index contributed by atoms with van der Waals surface area (Å²) in [6, 6.07) is 10.1. The standard InChI is InChI=1S/C23H31N3O4S/c27-23(24-18-21(22-11-8-16-30-22)25-12-5-6-13-25)19-9-7-10-20(17-19)31(28,29)26-14-3-1-2-4-15-26/h7-11,16-17,21H,1-6,12-15,18H2,(H,24,27). The van der Waals surface area contributed by atoms with Crippen molar-refractivity contribution in [2.24, 2.45) is 0 Å². The molecule has 7 nitrogen and oxygen atoms in total. The van der Waals surface area contributed by atoms with Gasteiger partial charge in [0.1, 0.15) is 5.76 Å². The van der Waals surface area contributed by atoms with Crippen molar-refractivity contribution in [1.29, 1.82) is 0 Å². The van der Waals surface area contributed by atoms with Gasteiger partial charge in [0.25, 0.3) is 5.91 Å². The van der Waals surface area contributed by atoms with Crippen LogP contribution in [0.15, 0.2) is 52.0 Å². The van der Waals surface area contributed by atoms with E-state index in [1.165, 1.54) is 6.07 Å². The highest BCUT2D eigenvalue weighted by atomic mass is 32.2. The maximum atomic E-state index is 13.1. The summed E-state index contributed by atoms with van der Waals surface area (Å²) in [5, 5.41) is 2.98. The van der Waals surface area contributed by atoms with Gasteiger partial charge in [-0.2, -0.15) is 4.31 Å². The van der Waals surface area contributed by atoms with Crippen LogP contribution in [-0.4, -0.2) is 56.3 Å². The number of rotatable bonds is 7. The molecule has 1 amide bonds. The van der Waals surface area contributed by atoms with Crippen LogP contribution >= 0.6 is 0 Å². The fourth-order valence-electron chi connectivity index (χ4n) is 4.46. The van der Waals surface area contributed by atoms with E-state index in [1.54, 1.807) is 28.8 Å². The van der Waals surface area contributed by atoms with E-state index in [-0.39, 0.29) is 16.8 Å². The van der Waals surface area contributed by atoms with Crippen LogP contribution < -0.4 is 5.32 Å².